The molecule has 3 nitrogen and oxygen atoms in total. The molecule has 19 heavy (non-hydrogen) atoms. The molecule has 0 heterocycles. The van der Waals surface area contributed by atoms with Crippen molar-refractivity contribution in [1.29, 1.82) is 0 Å². The van der Waals surface area contributed by atoms with Crippen molar-refractivity contribution in [3.8, 4) is 0 Å². The Morgan fingerprint density at radius 1 is 1.00 bits per heavy atom. The monoisotopic (exact) mass is 273 g/mol. The number of aliphatic hydroxyl groups excluding tert-OH is 1. The molecule has 0 aliphatic rings. The van der Waals surface area contributed by atoms with Gasteiger partial charge >= 0.3 is 0 Å². The topological polar surface area (TPSA) is 41.5 Å². The highest BCUT2D eigenvalue weighted by Crippen LogP contribution is 2.18. The van der Waals surface area contributed by atoms with Crippen LogP contribution in [0.5, 0.6) is 0 Å². The zero-order valence-electron chi connectivity index (χ0n) is 13.7. The summed E-state index contributed by atoms with van der Waals surface area (Å²) in [4.78, 5) is 0. The molecule has 0 aromatic carbocycles. The van der Waals surface area contributed by atoms with Crippen LogP contribution in [0.3, 0.4) is 0 Å². The molecule has 0 spiro atoms. The molecular weight excluding hydrogens is 238 g/mol. The number of aliphatic hydroxyl groups is 1. The van der Waals surface area contributed by atoms with Gasteiger partial charge < -0.3 is 15.2 Å². The highest BCUT2D eigenvalue weighted by atomic mass is 16.5. The average Bonchev–Trinajstić information content (AvgIpc) is 2.34. The fourth-order valence-electron chi connectivity index (χ4n) is 1.85. The summed E-state index contributed by atoms with van der Waals surface area (Å²) in [5, 5.41) is 12.9. The van der Waals surface area contributed by atoms with Crippen LogP contribution in [0.15, 0.2) is 0 Å². The zero-order valence-corrected chi connectivity index (χ0v) is 13.7. The lowest BCUT2D eigenvalue weighted by molar-refractivity contribution is 0.101. The van der Waals surface area contributed by atoms with Crippen molar-refractivity contribution in [2.45, 2.75) is 72.3 Å². The van der Waals surface area contributed by atoms with Crippen LogP contribution in [0.4, 0.5) is 0 Å². The molecule has 2 N–H and O–H groups in total. The van der Waals surface area contributed by atoms with Crippen LogP contribution >= 0.6 is 0 Å². The first-order valence-electron chi connectivity index (χ1n) is 7.76. The SMILES string of the molecule is CCCNC(C)(CO)CCCCOCCC(C)(C)C. The van der Waals surface area contributed by atoms with Crippen molar-refractivity contribution in [2.75, 3.05) is 26.4 Å². The van der Waals surface area contributed by atoms with Gasteiger partial charge in [0.25, 0.3) is 0 Å². The molecule has 0 rings (SSSR count). The van der Waals surface area contributed by atoms with Gasteiger partial charge in [-0.05, 0) is 51.0 Å². The van der Waals surface area contributed by atoms with Crippen molar-refractivity contribution >= 4 is 0 Å². The van der Waals surface area contributed by atoms with E-state index in [2.05, 4.69) is 39.9 Å². The molecule has 0 aromatic rings. The number of nitrogens with one attached hydrogen (secondary N) is 1. The molecule has 0 saturated carbocycles. The summed E-state index contributed by atoms with van der Waals surface area (Å²) in [6, 6.07) is 0. The minimum absolute atomic E-state index is 0.124. The van der Waals surface area contributed by atoms with Crippen LogP contribution in [-0.4, -0.2) is 37.0 Å². The van der Waals surface area contributed by atoms with E-state index in [1.807, 2.05) is 0 Å². The summed E-state index contributed by atoms with van der Waals surface area (Å²) in [5.41, 5.74) is 0.237. The Morgan fingerprint density at radius 2 is 1.68 bits per heavy atom. The van der Waals surface area contributed by atoms with E-state index in [1.54, 1.807) is 0 Å². The molecule has 0 aliphatic carbocycles. The molecule has 3 heteroatoms. The van der Waals surface area contributed by atoms with Gasteiger partial charge in [-0.2, -0.15) is 0 Å². The van der Waals surface area contributed by atoms with Crippen LogP contribution in [-0.2, 0) is 4.74 Å². The fourth-order valence-corrected chi connectivity index (χ4v) is 1.85. The lowest BCUT2D eigenvalue weighted by Gasteiger charge is -2.28. The summed E-state index contributed by atoms with van der Waals surface area (Å²) in [7, 11) is 0. The molecule has 0 aliphatic heterocycles. The Labute approximate surface area is 120 Å². The largest absolute Gasteiger partial charge is 0.394 e. The fraction of sp³-hybridized carbons (Fsp3) is 1.00. The standard InChI is InChI=1S/C16H35NO2/c1-6-11-17-16(5,14-18)9-7-8-12-19-13-10-15(2,3)4/h17-18H,6-14H2,1-5H3. The molecule has 0 amide bonds. The quantitative estimate of drug-likeness (QED) is 0.567. The predicted molar refractivity (Wildman–Crippen MR) is 82.5 cm³/mol. The second-order valence-corrected chi connectivity index (χ2v) is 7.03. The molecule has 0 aromatic heterocycles. The van der Waals surface area contributed by atoms with Crippen molar-refractivity contribution < 1.29 is 9.84 Å². The average molecular weight is 273 g/mol. The number of hydrogen-bond donors (Lipinski definition) is 2. The van der Waals surface area contributed by atoms with Gasteiger partial charge in [0.1, 0.15) is 0 Å². The Bertz CT molecular complexity index is 213. The third-order valence-corrected chi connectivity index (χ3v) is 3.41. The first kappa shape index (κ1) is 18.9. The van der Waals surface area contributed by atoms with E-state index < -0.39 is 0 Å². The Hall–Kier alpha value is -0.120. The number of hydrogen-bond acceptors (Lipinski definition) is 3. The van der Waals surface area contributed by atoms with Crippen LogP contribution in [0.25, 0.3) is 0 Å². The van der Waals surface area contributed by atoms with Gasteiger partial charge in [0.15, 0.2) is 0 Å². The van der Waals surface area contributed by atoms with E-state index in [4.69, 9.17) is 4.74 Å². The van der Waals surface area contributed by atoms with Crippen molar-refractivity contribution in [2.24, 2.45) is 5.41 Å². The minimum atomic E-state index is -0.124. The lowest BCUT2D eigenvalue weighted by atomic mass is 9.93. The lowest BCUT2D eigenvalue weighted by Crippen LogP contribution is -2.46. The van der Waals surface area contributed by atoms with Gasteiger partial charge in [-0.3, -0.25) is 0 Å². The Kier molecular flexibility index (Phi) is 9.67. The summed E-state index contributed by atoms with van der Waals surface area (Å²) in [6.07, 6.45) is 5.40. The Balaban J connectivity index is 3.56. The van der Waals surface area contributed by atoms with Crippen LogP contribution in [0.2, 0.25) is 0 Å². The van der Waals surface area contributed by atoms with Crippen molar-refractivity contribution in [3.05, 3.63) is 0 Å². The van der Waals surface area contributed by atoms with Gasteiger partial charge in [-0.1, -0.05) is 27.7 Å². The van der Waals surface area contributed by atoms with Crippen LogP contribution < -0.4 is 5.32 Å². The van der Waals surface area contributed by atoms with Crippen molar-refractivity contribution in [1.82, 2.24) is 5.32 Å². The minimum Gasteiger partial charge on any atom is -0.394 e. The molecule has 0 radical (unpaired) electrons. The van der Waals surface area contributed by atoms with Crippen molar-refractivity contribution in [3.63, 3.8) is 0 Å². The third kappa shape index (κ3) is 11.4. The first-order chi connectivity index (χ1) is 8.83. The van der Waals surface area contributed by atoms with Gasteiger partial charge in [-0.15, -0.1) is 0 Å². The number of unbranched alkanes of at least 4 members (excludes halogenated alkanes) is 1. The van der Waals surface area contributed by atoms with Gasteiger partial charge in [0, 0.05) is 18.8 Å². The maximum absolute atomic E-state index is 9.45. The van der Waals surface area contributed by atoms with Crippen LogP contribution in [0, 0.1) is 5.41 Å². The third-order valence-electron chi connectivity index (χ3n) is 3.41. The second kappa shape index (κ2) is 9.73. The van der Waals surface area contributed by atoms with Gasteiger partial charge in [0.2, 0.25) is 0 Å². The Morgan fingerprint density at radius 3 is 2.21 bits per heavy atom. The van der Waals surface area contributed by atoms with E-state index in [9.17, 15) is 5.11 Å². The highest BCUT2D eigenvalue weighted by Gasteiger charge is 2.21. The van der Waals surface area contributed by atoms with E-state index in [-0.39, 0.29) is 12.1 Å². The second-order valence-electron chi connectivity index (χ2n) is 7.03. The summed E-state index contributed by atoms with van der Waals surface area (Å²) in [6.45, 7) is 13.8. The van der Waals surface area contributed by atoms with E-state index in [0.29, 0.717) is 5.41 Å². The summed E-state index contributed by atoms with van der Waals surface area (Å²) < 4.78 is 5.66. The smallest absolute Gasteiger partial charge is 0.0610 e. The zero-order chi connectivity index (χ0) is 14.8. The molecule has 1 atom stereocenters. The normalized spacial score (nSPS) is 15.5. The highest BCUT2D eigenvalue weighted by molar-refractivity contribution is 4.81. The molecule has 0 bridgehead atoms. The van der Waals surface area contributed by atoms with E-state index in [1.165, 1.54) is 0 Å². The maximum atomic E-state index is 9.45. The first-order valence-corrected chi connectivity index (χ1v) is 7.76. The summed E-state index contributed by atoms with van der Waals surface area (Å²) >= 11 is 0. The van der Waals surface area contributed by atoms with Crippen LogP contribution in [0.1, 0.15) is 66.7 Å². The molecular formula is C16H35NO2. The number of ether oxygens (including phenoxy) is 1. The number of rotatable bonds is 11. The molecule has 116 valence electrons. The summed E-state index contributed by atoms with van der Waals surface area (Å²) in [5.74, 6) is 0. The molecule has 0 fully saturated rings. The predicted octanol–water partition coefficient (Wildman–Crippen LogP) is 3.36. The van der Waals surface area contributed by atoms with Gasteiger partial charge in [0.05, 0.1) is 6.61 Å². The van der Waals surface area contributed by atoms with E-state index >= 15 is 0 Å². The van der Waals surface area contributed by atoms with Gasteiger partial charge in [-0.25, -0.2) is 0 Å². The van der Waals surface area contributed by atoms with E-state index in [0.717, 1.165) is 51.9 Å². The molecule has 0 saturated heterocycles. The maximum Gasteiger partial charge on any atom is 0.0610 e. The molecule has 1 unspecified atom stereocenters.